The van der Waals surface area contributed by atoms with E-state index in [0.29, 0.717) is 18.2 Å². The molecule has 0 radical (unpaired) electrons. The van der Waals surface area contributed by atoms with E-state index in [0.717, 1.165) is 17.5 Å². The molecule has 0 fully saturated rings. The van der Waals surface area contributed by atoms with Crippen LogP contribution >= 0.6 is 0 Å². The van der Waals surface area contributed by atoms with Gasteiger partial charge in [-0.1, -0.05) is 0 Å². The first-order chi connectivity index (χ1) is 8.29. The maximum absolute atomic E-state index is 5.64. The molecule has 0 spiro atoms. The second-order valence-electron chi connectivity index (χ2n) is 3.80. The van der Waals surface area contributed by atoms with Crippen LogP contribution in [0.4, 0.5) is 0 Å². The van der Waals surface area contributed by atoms with Gasteiger partial charge in [-0.15, -0.1) is 0 Å². The molecular weight excluding hydrogens is 214 g/mol. The Kier molecular flexibility index (Phi) is 3.67. The second-order valence-corrected chi connectivity index (χ2v) is 3.80. The SMILES string of the molecule is Cc1cc(CCN)cnc1Oc1cccnc1. The lowest BCUT2D eigenvalue weighted by Crippen LogP contribution is -2.03. The predicted octanol–water partition coefficient (Wildman–Crippen LogP) is 2.08. The Morgan fingerprint density at radius 3 is 2.88 bits per heavy atom. The number of nitrogens with two attached hydrogens (primary N) is 1. The molecule has 0 aliphatic rings. The molecule has 88 valence electrons. The molecule has 0 saturated carbocycles. The monoisotopic (exact) mass is 229 g/mol. The van der Waals surface area contributed by atoms with Crippen LogP contribution < -0.4 is 10.5 Å². The first kappa shape index (κ1) is 11.5. The van der Waals surface area contributed by atoms with Crippen LogP contribution in [0, 0.1) is 6.92 Å². The number of aryl methyl sites for hydroxylation is 1. The van der Waals surface area contributed by atoms with Crippen molar-refractivity contribution in [2.75, 3.05) is 6.54 Å². The molecule has 2 heterocycles. The van der Waals surface area contributed by atoms with E-state index < -0.39 is 0 Å². The van der Waals surface area contributed by atoms with E-state index >= 15 is 0 Å². The predicted molar refractivity (Wildman–Crippen MR) is 66.0 cm³/mol. The molecular formula is C13H15N3O. The number of rotatable bonds is 4. The molecule has 0 aliphatic carbocycles. The Morgan fingerprint density at radius 1 is 1.35 bits per heavy atom. The zero-order valence-corrected chi connectivity index (χ0v) is 9.76. The van der Waals surface area contributed by atoms with E-state index in [9.17, 15) is 0 Å². The largest absolute Gasteiger partial charge is 0.437 e. The topological polar surface area (TPSA) is 61.0 Å². The Bertz CT molecular complexity index is 485. The third kappa shape index (κ3) is 3.01. The third-order valence-corrected chi connectivity index (χ3v) is 2.37. The lowest BCUT2D eigenvalue weighted by Gasteiger charge is -2.08. The highest BCUT2D eigenvalue weighted by molar-refractivity contribution is 5.32. The summed E-state index contributed by atoms with van der Waals surface area (Å²) >= 11 is 0. The van der Waals surface area contributed by atoms with Crippen molar-refractivity contribution in [2.24, 2.45) is 5.73 Å². The summed E-state index contributed by atoms with van der Waals surface area (Å²) in [5.74, 6) is 1.30. The number of hydrogen-bond donors (Lipinski definition) is 1. The van der Waals surface area contributed by atoms with Gasteiger partial charge in [-0.3, -0.25) is 4.98 Å². The Labute approximate surface area is 100 Å². The minimum atomic E-state index is 0.610. The molecule has 4 nitrogen and oxygen atoms in total. The lowest BCUT2D eigenvalue weighted by molar-refractivity contribution is 0.456. The highest BCUT2D eigenvalue weighted by Crippen LogP contribution is 2.22. The summed E-state index contributed by atoms with van der Waals surface area (Å²) in [7, 11) is 0. The minimum absolute atomic E-state index is 0.610. The quantitative estimate of drug-likeness (QED) is 0.872. The average molecular weight is 229 g/mol. The van der Waals surface area contributed by atoms with Crippen molar-refractivity contribution < 1.29 is 4.74 Å². The molecule has 2 aromatic heterocycles. The van der Waals surface area contributed by atoms with Crippen LogP contribution in [0.15, 0.2) is 36.8 Å². The maximum atomic E-state index is 5.64. The normalized spacial score (nSPS) is 10.2. The number of aromatic nitrogens is 2. The summed E-state index contributed by atoms with van der Waals surface area (Å²) in [5.41, 5.74) is 7.63. The molecule has 0 atom stereocenters. The van der Waals surface area contributed by atoms with Gasteiger partial charge in [-0.05, 0) is 43.7 Å². The van der Waals surface area contributed by atoms with Gasteiger partial charge in [0.2, 0.25) is 5.88 Å². The van der Waals surface area contributed by atoms with Crippen molar-refractivity contribution in [3.05, 3.63) is 47.9 Å². The van der Waals surface area contributed by atoms with E-state index in [1.807, 2.05) is 25.1 Å². The van der Waals surface area contributed by atoms with Gasteiger partial charge < -0.3 is 10.5 Å². The van der Waals surface area contributed by atoms with Crippen molar-refractivity contribution >= 4 is 0 Å². The van der Waals surface area contributed by atoms with Crippen molar-refractivity contribution in [2.45, 2.75) is 13.3 Å². The van der Waals surface area contributed by atoms with Crippen LogP contribution in [-0.2, 0) is 6.42 Å². The fraction of sp³-hybridized carbons (Fsp3) is 0.231. The zero-order chi connectivity index (χ0) is 12.1. The molecule has 4 heteroatoms. The van der Waals surface area contributed by atoms with Crippen LogP contribution in [-0.4, -0.2) is 16.5 Å². The first-order valence-corrected chi connectivity index (χ1v) is 5.53. The highest BCUT2D eigenvalue weighted by atomic mass is 16.5. The number of nitrogens with zero attached hydrogens (tertiary/aromatic N) is 2. The van der Waals surface area contributed by atoms with Gasteiger partial charge in [0.25, 0.3) is 0 Å². The van der Waals surface area contributed by atoms with Crippen LogP contribution in [0.25, 0.3) is 0 Å². The zero-order valence-electron chi connectivity index (χ0n) is 9.76. The van der Waals surface area contributed by atoms with E-state index in [1.54, 1.807) is 18.6 Å². The van der Waals surface area contributed by atoms with Crippen LogP contribution in [0.2, 0.25) is 0 Å². The number of ether oxygens (including phenoxy) is 1. The molecule has 17 heavy (non-hydrogen) atoms. The Morgan fingerprint density at radius 2 is 2.24 bits per heavy atom. The summed E-state index contributed by atoms with van der Waals surface area (Å²) in [6.45, 7) is 2.60. The Balaban J connectivity index is 2.17. The summed E-state index contributed by atoms with van der Waals surface area (Å²) in [6.07, 6.45) is 6.00. The fourth-order valence-electron chi connectivity index (χ4n) is 1.55. The average Bonchev–Trinajstić information content (AvgIpc) is 2.34. The first-order valence-electron chi connectivity index (χ1n) is 5.53. The highest BCUT2D eigenvalue weighted by Gasteiger charge is 2.04. The fourth-order valence-corrected chi connectivity index (χ4v) is 1.55. The van der Waals surface area contributed by atoms with Crippen LogP contribution in [0.1, 0.15) is 11.1 Å². The molecule has 0 amide bonds. The van der Waals surface area contributed by atoms with Gasteiger partial charge in [-0.25, -0.2) is 4.98 Å². The smallest absolute Gasteiger partial charge is 0.222 e. The Hall–Kier alpha value is -1.94. The van der Waals surface area contributed by atoms with Gasteiger partial charge in [-0.2, -0.15) is 0 Å². The summed E-state index contributed by atoms with van der Waals surface area (Å²) in [4.78, 5) is 8.27. The minimum Gasteiger partial charge on any atom is -0.437 e. The molecule has 0 aliphatic heterocycles. The molecule has 0 saturated heterocycles. The lowest BCUT2D eigenvalue weighted by atomic mass is 10.1. The van der Waals surface area contributed by atoms with Gasteiger partial charge in [0.1, 0.15) is 5.75 Å². The molecule has 0 unspecified atom stereocenters. The summed E-state index contributed by atoms with van der Waals surface area (Å²) in [5, 5.41) is 0. The van der Waals surface area contributed by atoms with Gasteiger partial charge >= 0.3 is 0 Å². The van der Waals surface area contributed by atoms with Crippen LogP contribution in [0.5, 0.6) is 11.6 Å². The molecule has 2 aromatic rings. The van der Waals surface area contributed by atoms with E-state index in [-0.39, 0.29) is 0 Å². The van der Waals surface area contributed by atoms with E-state index in [2.05, 4.69) is 9.97 Å². The molecule has 0 bridgehead atoms. The summed E-state index contributed by atoms with van der Waals surface area (Å²) < 4.78 is 5.64. The number of hydrogen-bond acceptors (Lipinski definition) is 4. The third-order valence-electron chi connectivity index (χ3n) is 2.37. The van der Waals surface area contributed by atoms with Crippen LogP contribution in [0.3, 0.4) is 0 Å². The number of pyridine rings is 2. The van der Waals surface area contributed by atoms with Crippen molar-refractivity contribution in [1.29, 1.82) is 0 Å². The van der Waals surface area contributed by atoms with E-state index in [1.165, 1.54) is 0 Å². The van der Waals surface area contributed by atoms with Gasteiger partial charge in [0.15, 0.2) is 0 Å². The van der Waals surface area contributed by atoms with Crippen molar-refractivity contribution in [3.63, 3.8) is 0 Å². The van der Waals surface area contributed by atoms with Gasteiger partial charge in [0.05, 0.1) is 6.20 Å². The maximum Gasteiger partial charge on any atom is 0.222 e. The van der Waals surface area contributed by atoms with Crippen molar-refractivity contribution in [1.82, 2.24) is 9.97 Å². The molecule has 2 N–H and O–H groups in total. The van der Waals surface area contributed by atoms with Crippen molar-refractivity contribution in [3.8, 4) is 11.6 Å². The second kappa shape index (κ2) is 5.41. The standard InChI is InChI=1S/C13H15N3O/c1-10-7-11(4-5-14)8-16-13(10)17-12-3-2-6-15-9-12/h2-3,6-9H,4-5,14H2,1H3. The van der Waals surface area contributed by atoms with E-state index in [4.69, 9.17) is 10.5 Å². The summed E-state index contributed by atoms with van der Waals surface area (Å²) in [6, 6.07) is 5.72. The molecule has 0 aromatic carbocycles. The molecule has 2 rings (SSSR count). The van der Waals surface area contributed by atoms with Gasteiger partial charge in [0, 0.05) is 18.0 Å².